The Kier molecular flexibility index (Phi) is 5.29. The average Bonchev–Trinajstić information content (AvgIpc) is 2.71. The normalized spacial score (nSPS) is 16.4. The van der Waals surface area contributed by atoms with E-state index >= 15 is 0 Å². The molecule has 30 heavy (non-hydrogen) atoms. The van der Waals surface area contributed by atoms with E-state index in [9.17, 15) is 18.3 Å². The summed E-state index contributed by atoms with van der Waals surface area (Å²) in [4.78, 5) is 4.35. The van der Waals surface area contributed by atoms with Gasteiger partial charge in [-0.15, -0.1) is 0 Å². The molecule has 3 aromatic rings. The fourth-order valence-corrected chi connectivity index (χ4v) is 3.67. The lowest BCUT2D eigenvalue weighted by Crippen LogP contribution is -2.46. The zero-order chi connectivity index (χ0) is 21.5. The summed E-state index contributed by atoms with van der Waals surface area (Å²) < 4.78 is 51.3. The van der Waals surface area contributed by atoms with Crippen molar-refractivity contribution in [2.45, 2.75) is 25.0 Å². The van der Waals surface area contributed by atoms with E-state index in [0.717, 1.165) is 6.07 Å². The van der Waals surface area contributed by atoms with E-state index in [1.165, 1.54) is 19.2 Å². The monoisotopic (exact) mass is 418 g/mol. The standard InChI is InChI=1S/C22H21F3N2O3/c1-12(13-4-3-5-14(20(13)23)21(24)25)27-17-6-7-26-18-9-19(29-2)16(8-15(17)18)22(28)10-30-11-22/h3-9,12,21,28H,10-11H2,1-2H3,(H,26,27)/t12-/m1/s1. The summed E-state index contributed by atoms with van der Waals surface area (Å²) in [6, 6.07) is 8.58. The second-order valence-corrected chi connectivity index (χ2v) is 7.37. The average molecular weight is 418 g/mol. The highest BCUT2D eigenvalue weighted by Crippen LogP contribution is 2.40. The van der Waals surface area contributed by atoms with Gasteiger partial charge in [-0.3, -0.25) is 4.98 Å². The molecule has 8 heteroatoms. The maximum Gasteiger partial charge on any atom is 0.266 e. The molecule has 1 aliphatic rings. The topological polar surface area (TPSA) is 63.6 Å². The van der Waals surface area contributed by atoms with Crippen molar-refractivity contribution in [1.82, 2.24) is 4.98 Å². The van der Waals surface area contributed by atoms with Crippen molar-refractivity contribution in [2.75, 3.05) is 25.6 Å². The number of pyridine rings is 1. The second kappa shape index (κ2) is 7.77. The fourth-order valence-electron chi connectivity index (χ4n) is 3.67. The lowest BCUT2D eigenvalue weighted by molar-refractivity contribution is -0.185. The number of nitrogens with one attached hydrogen (secondary N) is 1. The van der Waals surface area contributed by atoms with Gasteiger partial charge < -0.3 is 19.9 Å². The van der Waals surface area contributed by atoms with Gasteiger partial charge in [-0.1, -0.05) is 18.2 Å². The number of halogens is 3. The number of ether oxygens (including phenoxy) is 2. The molecule has 2 heterocycles. The Morgan fingerprint density at radius 3 is 2.57 bits per heavy atom. The smallest absolute Gasteiger partial charge is 0.266 e. The minimum absolute atomic E-state index is 0.137. The van der Waals surface area contributed by atoms with Crippen LogP contribution in [0.5, 0.6) is 5.75 Å². The van der Waals surface area contributed by atoms with Gasteiger partial charge in [0, 0.05) is 34.5 Å². The Morgan fingerprint density at radius 1 is 1.20 bits per heavy atom. The van der Waals surface area contributed by atoms with Gasteiger partial charge in [-0.2, -0.15) is 0 Å². The van der Waals surface area contributed by atoms with Crippen LogP contribution in [-0.4, -0.2) is 30.4 Å². The maximum atomic E-state index is 14.6. The lowest BCUT2D eigenvalue weighted by Gasteiger charge is -2.37. The first-order chi connectivity index (χ1) is 14.3. The van der Waals surface area contributed by atoms with E-state index in [1.54, 1.807) is 31.3 Å². The molecule has 1 aromatic heterocycles. The number of alkyl halides is 2. The number of rotatable bonds is 6. The number of nitrogens with zero attached hydrogens (tertiary/aromatic N) is 1. The highest BCUT2D eigenvalue weighted by molar-refractivity contribution is 5.93. The van der Waals surface area contributed by atoms with E-state index in [-0.39, 0.29) is 18.8 Å². The molecular weight excluding hydrogens is 397 g/mol. The van der Waals surface area contributed by atoms with E-state index in [2.05, 4.69) is 10.3 Å². The van der Waals surface area contributed by atoms with Crippen LogP contribution in [0.3, 0.4) is 0 Å². The molecule has 0 unspecified atom stereocenters. The number of hydrogen-bond donors (Lipinski definition) is 2. The quantitative estimate of drug-likeness (QED) is 0.607. The number of anilines is 1. The van der Waals surface area contributed by atoms with Crippen LogP contribution in [0.1, 0.15) is 36.1 Å². The summed E-state index contributed by atoms with van der Waals surface area (Å²) in [6.45, 7) is 2.00. The van der Waals surface area contributed by atoms with Gasteiger partial charge in [-0.05, 0) is 19.1 Å². The molecule has 5 nitrogen and oxygen atoms in total. The van der Waals surface area contributed by atoms with Crippen LogP contribution in [0.25, 0.3) is 10.9 Å². The molecule has 158 valence electrons. The Hall–Kier alpha value is -2.84. The molecule has 2 aromatic carbocycles. The molecule has 2 N–H and O–H groups in total. The summed E-state index contributed by atoms with van der Waals surface area (Å²) in [5.41, 5.74) is 0.159. The number of methoxy groups -OCH3 is 1. The largest absolute Gasteiger partial charge is 0.496 e. The third kappa shape index (κ3) is 3.46. The van der Waals surface area contributed by atoms with E-state index in [1.807, 2.05) is 0 Å². The molecule has 1 aliphatic heterocycles. The van der Waals surface area contributed by atoms with Crippen molar-refractivity contribution in [1.29, 1.82) is 0 Å². The molecule has 4 rings (SSSR count). The molecule has 0 spiro atoms. The van der Waals surface area contributed by atoms with E-state index in [0.29, 0.717) is 27.9 Å². The van der Waals surface area contributed by atoms with E-state index < -0.39 is 29.4 Å². The fraction of sp³-hybridized carbons (Fsp3) is 0.318. The first kappa shape index (κ1) is 20.4. The highest BCUT2D eigenvalue weighted by Gasteiger charge is 2.40. The van der Waals surface area contributed by atoms with Crippen LogP contribution in [0.2, 0.25) is 0 Å². The number of benzene rings is 2. The van der Waals surface area contributed by atoms with Crippen molar-refractivity contribution in [3.8, 4) is 5.75 Å². The minimum atomic E-state index is -2.89. The number of aliphatic hydroxyl groups is 1. The van der Waals surface area contributed by atoms with E-state index in [4.69, 9.17) is 9.47 Å². The van der Waals surface area contributed by atoms with Crippen molar-refractivity contribution >= 4 is 16.6 Å². The van der Waals surface area contributed by atoms with Gasteiger partial charge >= 0.3 is 0 Å². The summed E-state index contributed by atoms with van der Waals surface area (Å²) in [5, 5.41) is 14.6. The van der Waals surface area contributed by atoms with Gasteiger partial charge in [0.05, 0.1) is 37.4 Å². The minimum Gasteiger partial charge on any atom is -0.496 e. The molecule has 0 amide bonds. The maximum absolute atomic E-state index is 14.6. The summed E-state index contributed by atoms with van der Waals surface area (Å²) in [6.07, 6.45) is -1.30. The summed E-state index contributed by atoms with van der Waals surface area (Å²) in [7, 11) is 1.51. The third-order valence-electron chi connectivity index (χ3n) is 5.38. The number of hydrogen-bond acceptors (Lipinski definition) is 5. The van der Waals surface area contributed by atoms with Gasteiger partial charge in [0.2, 0.25) is 0 Å². The van der Waals surface area contributed by atoms with Crippen LogP contribution in [0.4, 0.5) is 18.9 Å². The number of aromatic nitrogens is 1. The van der Waals surface area contributed by atoms with Crippen molar-refractivity contribution in [2.24, 2.45) is 0 Å². The van der Waals surface area contributed by atoms with Crippen molar-refractivity contribution in [3.05, 3.63) is 65.1 Å². The predicted molar refractivity (Wildman–Crippen MR) is 106 cm³/mol. The second-order valence-electron chi connectivity index (χ2n) is 7.37. The predicted octanol–water partition coefficient (Wildman–Crippen LogP) is 4.71. The van der Waals surface area contributed by atoms with Crippen LogP contribution in [0.15, 0.2) is 42.6 Å². The van der Waals surface area contributed by atoms with Gasteiger partial charge in [0.1, 0.15) is 17.2 Å². The molecular formula is C22H21F3N2O3. The zero-order valence-corrected chi connectivity index (χ0v) is 16.5. The molecule has 0 saturated carbocycles. The first-order valence-electron chi connectivity index (χ1n) is 9.44. The van der Waals surface area contributed by atoms with Gasteiger partial charge in [-0.25, -0.2) is 13.2 Å². The SMILES string of the molecule is COc1cc2nccc(N[C@H](C)c3cccc(C(F)F)c3F)c2cc1C1(O)COC1. The highest BCUT2D eigenvalue weighted by atomic mass is 19.3. The molecule has 0 aliphatic carbocycles. The van der Waals surface area contributed by atoms with Crippen molar-refractivity contribution in [3.63, 3.8) is 0 Å². The Labute approximate surface area is 171 Å². The molecule has 1 saturated heterocycles. The third-order valence-corrected chi connectivity index (χ3v) is 5.38. The Morgan fingerprint density at radius 2 is 1.93 bits per heavy atom. The Bertz CT molecular complexity index is 1090. The first-order valence-corrected chi connectivity index (χ1v) is 9.44. The molecule has 1 atom stereocenters. The lowest BCUT2D eigenvalue weighted by atomic mass is 9.89. The Balaban J connectivity index is 1.75. The number of fused-ring (bicyclic) bond motifs is 1. The van der Waals surface area contributed by atoms with Crippen LogP contribution in [-0.2, 0) is 10.3 Å². The van der Waals surface area contributed by atoms with Gasteiger partial charge in [0.15, 0.2) is 0 Å². The van der Waals surface area contributed by atoms with Crippen LogP contribution in [0, 0.1) is 5.82 Å². The van der Waals surface area contributed by atoms with Crippen molar-refractivity contribution < 1.29 is 27.8 Å². The molecule has 1 fully saturated rings. The zero-order valence-electron chi connectivity index (χ0n) is 16.5. The molecule has 0 radical (unpaired) electrons. The summed E-state index contributed by atoms with van der Waals surface area (Å²) >= 11 is 0. The summed E-state index contributed by atoms with van der Waals surface area (Å²) in [5.74, 6) is -0.434. The molecule has 0 bridgehead atoms. The van der Waals surface area contributed by atoms with Crippen LogP contribution < -0.4 is 10.1 Å². The van der Waals surface area contributed by atoms with Crippen LogP contribution >= 0.6 is 0 Å². The van der Waals surface area contributed by atoms with Gasteiger partial charge in [0.25, 0.3) is 6.43 Å².